The maximum Gasteiger partial charge on any atom is 0.327 e. The van der Waals surface area contributed by atoms with Crippen molar-refractivity contribution in [2.75, 3.05) is 36.0 Å². The molecule has 2 aliphatic rings. The summed E-state index contributed by atoms with van der Waals surface area (Å²) in [6, 6.07) is 3.52. The third-order valence-electron chi connectivity index (χ3n) is 5.51. The van der Waals surface area contributed by atoms with E-state index < -0.39 is 5.97 Å². The van der Waals surface area contributed by atoms with Gasteiger partial charge in [0.25, 0.3) is 0 Å². The van der Waals surface area contributed by atoms with Crippen LogP contribution in [-0.2, 0) is 11.3 Å². The minimum Gasteiger partial charge on any atom is -0.480 e. The standard InChI is InChI=1S/C18H16Cl3N7O2S/c19-11-1-12(20)16(21)13(2-11)26-4-9-6-27(7-10(9)5-26)18-22-3-14(31-18)17-23-25-28(24-17)8-15(29)30/h1-3,9-10H,4-8H2,(H,29,30). The van der Waals surface area contributed by atoms with Crippen molar-refractivity contribution in [3.8, 4) is 10.7 Å². The summed E-state index contributed by atoms with van der Waals surface area (Å²) in [6.45, 7) is 3.20. The Balaban J connectivity index is 1.26. The average Bonchev–Trinajstić information content (AvgIpc) is 3.45. The van der Waals surface area contributed by atoms with Crippen LogP contribution in [0.3, 0.4) is 0 Å². The number of fused-ring (bicyclic) bond motifs is 1. The highest BCUT2D eigenvalue weighted by molar-refractivity contribution is 7.18. The Morgan fingerprint density at radius 1 is 1.13 bits per heavy atom. The van der Waals surface area contributed by atoms with Crippen LogP contribution in [0.4, 0.5) is 10.8 Å². The second kappa shape index (κ2) is 8.09. The van der Waals surface area contributed by atoms with Crippen LogP contribution in [-0.4, -0.2) is 62.4 Å². The number of carbonyl (C=O) groups is 1. The van der Waals surface area contributed by atoms with Crippen molar-refractivity contribution in [3.63, 3.8) is 0 Å². The van der Waals surface area contributed by atoms with Gasteiger partial charge >= 0.3 is 5.97 Å². The van der Waals surface area contributed by atoms with E-state index in [1.54, 1.807) is 12.3 Å². The number of carboxylic acid groups (broad SMARTS) is 1. The first-order valence-corrected chi connectivity index (χ1v) is 11.4. The zero-order valence-electron chi connectivity index (χ0n) is 16.0. The zero-order chi connectivity index (χ0) is 21.7. The Morgan fingerprint density at radius 3 is 2.55 bits per heavy atom. The fourth-order valence-electron chi connectivity index (χ4n) is 4.16. The Bertz CT molecular complexity index is 1140. The number of anilines is 2. The van der Waals surface area contributed by atoms with Crippen molar-refractivity contribution >= 4 is 62.9 Å². The summed E-state index contributed by atoms with van der Waals surface area (Å²) in [5.74, 6) is 0.322. The van der Waals surface area contributed by atoms with Gasteiger partial charge in [0.05, 0.1) is 26.8 Å². The molecular formula is C18H16Cl3N7O2S. The summed E-state index contributed by atoms with van der Waals surface area (Å²) in [4.78, 5) is 21.7. The molecule has 31 heavy (non-hydrogen) atoms. The third-order valence-corrected chi connectivity index (χ3v) is 7.58. The lowest BCUT2D eigenvalue weighted by atomic mass is 10.0. The highest BCUT2D eigenvalue weighted by atomic mass is 35.5. The monoisotopic (exact) mass is 499 g/mol. The van der Waals surface area contributed by atoms with Crippen LogP contribution in [0.15, 0.2) is 18.3 Å². The van der Waals surface area contributed by atoms with E-state index in [9.17, 15) is 4.79 Å². The first-order valence-electron chi connectivity index (χ1n) is 9.47. The van der Waals surface area contributed by atoms with Crippen molar-refractivity contribution in [1.29, 1.82) is 0 Å². The van der Waals surface area contributed by atoms with Crippen LogP contribution in [0.1, 0.15) is 0 Å². The molecule has 0 bridgehead atoms. The second-order valence-electron chi connectivity index (χ2n) is 7.60. The lowest BCUT2D eigenvalue weighted by molar-refractivity contribution is -0.138. The molecule has 13 heteroatoms. The lowest BCUT2D eigenvalue weighted by Crippen LogP contribution is -2.28. The number of thiazole rings is 1. The summed E-state index contributed by atoms with van der Waals surface area (Å²) in [7, 11) is 0. The number of carboxylic acids is 1. The number of hydrogen-bond acceptors (Lipinski definition) is 8. The quantitative estimate of drug-likeness (QED) is 0.532. The molecule has 2 fully saturated rings. The molecule has 1 aromatic carbocycles. The summed E-state index contributed by atoms with van der Waals surface area (Å²) in [5, 5.41) is 23.1. The van der Waals surface area contributed by atoms with Gasteiger partial charge in [-0.2, -0.15) is 4.80 Å². The number of aliphatic carboxylic acids is 1. The number of hydrogen-bond donors (Lipinski definition) is 1. The highest BCUT2D eigenvalue weighted by Crippen LogP contribution is 2.42. The van der Waals surface area contributed by atoms with Crippen LogP contribution in [0.5, 0.6) is 0 Å². The van der Waals surface area contributed by atoms with Gasteiger partial charge in [0.1, 0.15) is 0 Å². The van der Waals surface area contributed by atoms with Crippen molar-refractivity contribution in [3.05, 3.63) is 33.4 Å². The SMILES string of the molecule is O=C(O)Cn1nnc(-c2cnc(N3CC4CN(c5cc(Cl)cc(Cl)c5Cl)CC4C3)s2)n1. The fourth-order valence-corrected chi connectivity index (χ4v) is 5.73. The molecule has 1 N–H and O–H groups in total. The van der Waals surface area contributed by atoms with E-state index in [2.05, 4.69) is 30.2 Å². The van der Waals surface area contributed by atoms with Gasteiger partial charge < -0.3 is 14.9 Å². The van der Waals surface area contributed by atoms with Crippen LogP contribution in [0.2, 0.25) is 15.1 Å². The Hall–Kier alpha value is -2.14. The van der Waals surface area contributed by atoms with Crippen LogP contribution in [0, 0.1) is 11.8 Å². The van der Waals surface area contributed by atoms with Gasteiger partial charge in [-0.25, -0.2) is 4.98 Å². The van der Waals surface area contributed by atoms with Gasteiger partial charge in [0.2, 0.25) is 5.82 Å². The minimum absolute atomic E-state index is 0.327. The van der Waals surface area contributed by atoms with E-state index in [1.807, 2.05) is 6.07 Å². The van der Waals surface area contributed by atoms with E-state index >= 15 is 0 Å². The predicted molar refractivity (Wildman–Crippen MR) is 119 cm³/mol. The van der Waals surface area contributed by atoms with E-state index in [0.29, 0.717) is 32.7 Å². The molecule has 3 aromatic rings. The molecule has 4 heterocycles. The number of benzene rings is 1. The Kier molecular flexibility index (Phi) is 5.41. The second-order valence-corrected chi connectivity index (χ2v) is 9.83. The van der Waals surface area contributed by atoms with Gasteiger partial charge in [0, 0.05) is 43.0 Å². The van der Waals surface area contributed by atoms with E-state index in [1.165, 1.54) is 11.3 Å². The molecule has 2 aromatic heterocycles. The van der Waals surface area contributed by atoms with Crippen LogP contribution < -0.4 is 9.80 Å². The molecule has 5 rings (SSSR count). The first kappa shape index (κ1) is 20.7. The van der Waals surface area contributed by atoms with E-state index in [0.717, 1.165) is 46.7 Å². The summed E-state index contributed by atoms with van der Waals surface area (Å²) in [5.41, 5.74) is 0.882. The highest BCUT2D eigenvalue weighted by Gasteiger charge is 2.41. The summed E-state index contributed by atoms with van der Waals surface area (Å²) < 4.78 is 0. The van der Waals surface area contributed by atoms with Crippen molar-refractivity contribution in [2.45, 2.75) is 6.54 Å². The lowest BCUT2D eigenvalue weighted by Gasteiger charge is -2.24. The molecule has 0 radical (unpaired) electrons. The molecule has 2 atom stereocenters. The average molecular weight is 501 g/mol. The van der Waals surface area contributed by atoms with E-state index in [4.69, 9.17) is 39.9 Å². The normalized spacial score (nSPS) is 20.5. The van der Waals surface area contributed by atoms with Gasteiger partial charge in [-0.1, -0.05) is 46.1 Å². The number of tetrazole rings is 1. The fraction of sp³-hybridized carbons (Fsp3) is 0.389. The van der Waals surface area contributed by atoms with Crippen molar-refractivity contribution in [2.24, 2.45) is 11.8 Å². The number of halogens is 3. The van der Waals surface area contributed by atoms with Gasteiger partial charge in [-0.05, 0) is 17.3 Å². The molecule has 0 aliphatic carbocycles. The molecule has 2 aliphatic heterocycles. The molecule has 2 unspecified atom stereocenters. The molecular weight excluding hydrogens is 485 g/mol. The minimum atomic E-state index is -1.02. The maximum atomic E-state index is 10.8. The zero-order valence-corrected chi connectivity index (χ0v) is 19.0. The summed E-state index contributed by atoms with van der Waals surface area (Å²) >= 11 is 20.3. The first-order chi connectivity index (χ1) is 14.9. The van der Waals surface area contributed by atoms with Crippen LogP contribution in [0.25, 0.3) is 10.7 Å². The number of aromatic nitrogens is 5. The molecule has 162 valence electrons. The smallest absolute Gasteiger partial charge is 0.327 e. The maximum absolute atomic E-state index is 10.8. The van der Waals surface area contributed by atoms with Crippen LogP contribution >= 0.6 is 46.1 Å². The largest absolute Gasteiger partial charge is 0.480 e. The summed E-state index contributed by atoms with van der Waals surface area (Å²) in [6.07, 6.45) is 1.70. The third kappa shape index (κ3) is 4.05. The number of nitrogens with zero attached hydrogens (tertiary/aromatic N) is 7. The van der Waals surface area contributed by atoms with Gasteiger partial charge in [-0.15, -0.1) is 10.2 Å². The van der Waals surface area contributed by atoms with Gasteiger partial charge in [0.15, 0.2) is 11.7 Å². The van der Waals surface area contributed by atoms with Crippen molar-refractivity contribution in [1.82, 2.24) is 25.2 Å². The van der Waals surface area contributed by atoms with Gasteiger partial charge in [-0.3, -0.25) is 4.79 Å². The molecule has 2 saturated heterocycles. The van der Waals surface area contributed by atoms with Crippen molar-refractivity contribution < 1.29 is 9.90 Å². The molecule has 0 spiro atoms. The molecule has 9 nitrogen and oxygen atoms in total. The Morgan fingerprint density at radius 2 is 1.84 bits per heavy atom. The van der Waals surface area contributed by atoms with E-state index in [-0.39, 0.29) is 6.54 Å². The predicted octanol–water partition coefficient (Wildman–Crippen LogP) is 3.41. The number of rotatable bonds is 5. The topological polar surface area (TPSA) is 100 Å². The molecule has 0 saturated carbocycles. The Labute approximate surface area is 196 Å². The molecule has 0 amide bonds.